The van der Waals surface area contributed by atoms with Gasteiger partial charge in [0.2, 0.25) is 0 Å². The molecule has 0 saturated carbocycles. The number of esters is 1. The normalized spacial score (nSPS) is 10.9. The van der Waals surface area contributed by atoms with Crippen molar-refractivity contribution in [3.05, 3.63) is 0 Å². The Bertz CT molecular complexity index is 257. The molecule has 0 aliphatic rings. The van der Waals surface area contributed by atoms with Gasteiger partial charge in [-0.1, -0.05) is 40.5 Å². The zero-order valence-electron chi connectivity index (χ0n) is 14.2. The van der Waals surface area contributed by atoms with Crippen molar-refractivity contribution in [2.75, 3.05) is 19.7 Å². The van der Waals surface area contributed by atoms with Gasteiger partial charge in [0.25, 0.3) is 0 Å². The van der Waals surface area contributed by atoms with Crippen molar-refractivity contribution in [1.82, 2.24) is 5.32 Å². The van der Waals surface area contributed by atoms with Crippen LogP contribution < -0.4 is 5.32 Å². The van der Waals surface area contributed by atoms with E-state index >= 15 is 0 Å². The minimum atomic E-state index is -0.718. The Morgan fingerprint density at radius 1 is 1.35 bits per heavy atom. The van der Waals surface area contributed by atoms with Crippen LogP contribution in [-0.2, 0) is 9.53 Å². The number of aliphatic hydroxyl groups excluding tert-OH is 1. The maximum absolute atomic E-state index is 11.5. The molecule has 0 amide bonds. The van der Waals surface area contributed by atoms with Gasteiger partial charge in [-0.2, -0.15) is 0 Å². The predicted octanol–water partition coefficient (Wildman–Crippen LogP) is 2.60. The van der Waals surface area contributed by atoms with Gasteiger partial charge in [-0.3, -0.25) is 4.79 Å². The molecule has 0 bridgehead atoms. The Labute approximate surface area is 125 Å². The van der Waals surface area contributed by atoms with E-state index in [1.807, 2.05) is 48.5 Å². The van der Waals surface area contributed by atoms with E-state index in [1.54, 1.807) is 0 Å². The van der Waals surface area contributed by atoms with Crippen molar-refractivity contribution in [1.29, 1.82) is 0 Å². The van der Waals surface area contributed by atoms with Crippen LogP contribution in [0.4, 0.5) is 0 Å². The fourth-order valence-electron chi connectivity index (χ4n) is 0.881. The van der Waals surface area contributed by atoms with Crippen LogP contribution in [0.3, 0.4) is 0 Å². The molecule has 2 N–H and O–H groups in total. The molecule has 0 radical (unpaired) electrons. The second-order valence-electron chi connectivity index (χ2n) is 4.32. The van der Waals surface area contributed by atoms with Gasteiger partial charge < -0.3 is 15.2 Å². The summed E-state index contributed by atoms with van der Waals surface area (Å²) in [6, 6.07) is 0. The summed E-state index contributed by atoms with van der Waals surface area (Å²) in [6.07, 6.45) is 5.02. The third-order valence-corrected chi connectivity index (χ3v) is 2.45. The molecule has 0 spiro atoms. The van der Waals surface area contributed by atoms with E-state index < -0.39 is 11.5 Å². The Morgan fingerprint density at radius 2 is 1.85 bits per heavy atom. The summed E-state index contributed by atoms with van der Waals surface area (Å²) in [7, 11) is 0. The lowest BCUT2D eigenvalue weighted by Gasteiger charge is -2.21. The highest BCUT2D eigenvalue weighted by Crippen LogP contribution is 2.21. The first-order chi connectivity index (χ1) is 9.44. The molecule has 4 nitrogen and oxygen atoms in total. The first-order valence-electron chi connectivity index (χ1n) is 7.43. The summed E-state index contributed by atoms with van der Waals surface area (Å²) >= 11 is 0. The number of nitrogens with one attached hydrogen (secondary N) is 1. The van der Waals surface area contributed by atoms with Crippen LogP contribution in [0, 0.1) is 17.8 Å². The maximum atomic E-state index is 11.5. The SMILES string of the molecule is C#CCNCC(O)COC(=O)C(C)(C)CC.CC.CC. The molecular weight excluding hydrogens is 254 g/mol. The second kappa shape index (κ2) is 16.0. The van der Waals surface area contributed by atoms with Crippen molar-refractivity contribution in [3.63, 3.8) is 0 Å². The molecule has 1 atom stereocenters. The molecule has 0 aliphatic carbocycles. The van der Waals surface area contributed by atoms with Crippen molar-refractivity contribution in [2.45, 2.75) is 61.0 Å². The van der Waals surface area contributed by atoms with Gasteiger partial charge >= 0.3 is 5.97 Å². The lowest BCUT2D eigenvalue weighted by Crippen LogP contribution is -2.34. The van der Waals surface area contributed by atoms with Gasteiger partial charge in [0.05, 0.1) is 12.0 Å². The van der Waals surface area contributed by atoms with E-state index in [0.717, 1.165) is 0 Å². The van der Waals surface area contributed by atoms with E-state index in [9.17, 15) is 9.90 Å². The Kier molecular flexibility index (Phi) is 19.2. The molecule has 120 valence electrons. The maximum Gasteiger partial charge on any atom is 0.311 e. The van der Waals surface area contributed by atoms with E-state index in [-0.39, 0.29) is 12.6 Å². The van der Waals surface area contributed by atoms with Gasteiger partial charge in [-0.15, -0.1) is 6.42 Å². The lowest BCUT2D eigenvalue weighted by molar-refractivity contribution is -0.157. The summed E-state index contributed by atoms with van der Waals surface area (Å²) < 4.78 is 5.01. The largest absolute Gasteiger partial charge is 0.462 e. The molecule has 0 saturated heterocycles. The number of rotatable bonds is 7. The van der Waals surface area contributed by atoms with Crippen LogP contribution in [0.25, 0.3) is 0 Å². The third kappa shape index (κ3) is 13.4. The summed E-state index contributed by atoms with van der Waals surface area (Å²) in [5, 5.41) is 12.3. The fraction of sp³-hybridized carbons (Fsp3) is 0.812. The van der Waals surface area contributed by atoms with E-state index in [1.165, 1.54) is 0 Å². The number of hydrogen-bond donors (Lipinski definition) is 2. The number of carbonyl (C=O) groups excluding carboxylic acids is 1. The van der Waals surface area contributed by atoms with E-state index in [0.29, 0.717) is 19.5 Å². The van der Waals surface area contributed by atoms with Crippen molar-refractivity contribution >= 4 is 5.97 Å². The zero-order chi connectivity index (χ0) is 16.6. The van der Waals surface area contributed by atoms with Gasteiger partial charge in [0.15, 0.2) is 0 Å². The van der Waals surface area contributed by atoms with Crippen LogP contribution in [0.1, 0.15) is 54.9 Å². The first kappa shape index (κ1) is 24.0. The highest BCUT2D eigenvalue weighted by molar-refractivity contribution is 5.75. The monoisotopic (exact) mass is 287 g/mol. The van der Waals surface area contributed by atoms with Gasteiger partial charge in [0.1, 0.15) is 12.7 Å². The molecule has 0 fully saturated rings. The zero-order valence-corrected chi connectivity index (χ0v) is 14.2. The highest BCUT2D eigenvalue weighted by atomic mass is 16.5. The Morgan fingerprint density at radius 3 is 2.25 bits per heavy atom. The topological polar surface area (TPSA) is 58.6 Å². The van der Waals surface area contributed by atoms with Crippen LogP contribution in [0.2, 0.25) is 0 Å². The third-order valence-electron chi connectivity index (χ3n) is 2.45. The molecule has 1 unspecified atom stereocenters. The molecule has 4 heteroatoms. The summed E-state index contributed by atoms with van der Waals surface area (Å²) in [6.45, 7) is 14.3. The molecule has 0 rings (SSSR count). The van der Waals surface area contributed by atoms with Crippen molar-refractivity contribution in [3.8, 4) is 12.3 Å². The molecule has 0 aromatic heterocycles. The van der Waals surface area contributed by atoms with Gasteiger partial charge in [-0.25, -0.2) is 0 Å². The van der Waals surface area contributed by atoms with Crippen LogP contribution in [0.15, 0.2) is 0 Å². The van der Waals surface area contributed by atoms with E-state index in [2.05, 4.69) is 11.2 Å². The molecule has 20 heavy (non-hydrogen) atoms. The van der Waals surface area contributed by atoms with Crippen LogP contribution in [-0.4, -0.2) is 36.9 Å². The fourth-order valence-corrected chi connectivity index (χ4v) is 0.881. The smallest absolute Gasteiger partial charge is 0.311 e. The van der Waals surface area contributed by atoms with Crippen molar-refractivity contribution in [2.24, 2.45) is 5.41 Å². The van der Waals surface area contributed by atoms with Crippen molar-refractivity contribution < 1.29 is 14.6 Å². The standard InChI is InChI=1S/C12H21NO3.2C2H6/c1-5-7-13-8-10(14)9-16-11(15)12(3,4)6-2;2*1-2/h1,10,13-14H,6-9H2,2-4H3;2*1-2H3. The number of terminal acetylenes is 1. The Hall–Kier alpha value is -1.05. The quantitative estimate of drug-likeness (QED) is 0.429. The summed E-state index contributed by atoms with van der Waals surface area (Å²) in [4.78, 5) is 11.5. The number of hydrogen-bond acceptors (Lipinski definition) is 4. The Balaban J connectivity index is -0.000000656. The number of carbonyl (C=O) groups is 1. The van der Waals surface area contributed by atoms with Crippen LogP contribution >= 0.6 is 0 Å². The number of ether oxygens (including phenoxy) is 1. The first-order valence-corrected chi connectivity index (χ1v) is 7.43. The minimum Gasteiger partial charge on any atom is -0.462 e. The molecule has 0 aliphatic heterocycles. The molecular formula is C16H33NO3. The molecule has 0 aromatic rings. The van der Waals surface area contributed by atoms with Gasteiger partial charge in [0, 0.05) is 6.54 Å². The van der Waals surface area contributed by atoms with E-state index in [4.69, 9.17) is 11.2 Å². The predicted molar refractivity (Wildman–Crippen MR) is 85.4 cm³/mol. The second-order valence-corrected chi connectivity index (χ2v) is 4.32. The molecule has 0 heterocycles. The summed E-state index contributed by atoms with van der Waals surface area (Å²) in [5.41, 5.74) is -0.494. The highest BCUT2D eigenvalue weighted by Gasteiger charge is 2.27. The average molecular weight is 287 g/mol. The van der Waals surface area contributed by atoms with Gasteiger partial charge in [-0.05, 0) is 20.3 Å². The average Bonchev–Trinajstić information content (AvgIpc) is 2.49. The summed E-state index contributed by atoms with van der Waals surface area (Å²) in [5.74, 6) is 2.11. The van der Waals surface area contributed by atoms with Crippen LogP contribution in [0.5, 0.6) is 0 Å². The lowest BCUT2D eigenvalue weighted by atomic mass is 9.91. The minimum absolute atomic E-state index is 0.000164. The molecule has 0 aromatic carbocycles. The number of aliphatic hydroxyl groups is 1.